The Morgan fingerprint density at radius 2 is 2.42 bits per heavy atom. The van der Waals surface area contributed by atoms with E-state index < -0.39 is 0 Å². The van der Waals surface area contributed by atoms with Crippen LogP contribution in [0.1, 0.15) is 32.6 Å². The van der Waals surface area contributed by atoms with Gasteiger partial charge in [-0.05, 0) is 25.7 Å². The predicted molar refractivity (Wildman–Crippen MR) is 46.4 cm³/mol. The van der Waals surface area contributed by atoms with Crippen LogP contribution in [0.5, 0.6) is 0 Å². The van der Waals surface area contributed by atoms with Crippen LogP contribution >= 0.6 is 0 Å². The summed E-state index contributed by atoms with van der Waals surface area (Å²) in [5, 5.41) is 8.66. The third kappa shape index (κ3) is 2.20. The van der Waals surface area contributed by atoms with E-state index in [2.05, 4.69) is 6.07 Å². The molecule has 1 aliphatic rings. The van der Waals surface area contributed by atoms with Gasteiger partial charge in [0.15, 0.2) is 0 Å². The van der Waals surface area contributed by atoms with Crippen molar-refractivity contribution in [3.63, 3.8) is 0 Å². The summed E-state index contributed by atoms with van der Waals surface area (Å²) in [7, 11) is 0. The fourth-order valence-electron chi connectivity index (χ4n) is 1.55. The predicted octanol–water partition coefficient (Wildman–Crippen LogP) is 1.18. The van der Waals surface area contributed by atoms with Crippen LogP contribution in [-0.4, -0.2) is 18.2 Å². The average Bonchev–Trinajstić information content (AvgIpc) is 2.47. The third-order valence-corrected chi connectivity index (χ3v) is 2.36. The number of ether oxygens (including phenoxy) is 1. The third-order valence-electron chi connectivity index (χ3n) is 2.36. The van der Waals surface area contributed by atoms with E-state index in [9.17, 15) is 0 Å². The molecular weight excluding hydrogens is 152 g/mol. The Hall–Kier alpha value is -0.590. The number of hydrogen-bond donors (Lipinski definition) is 1. The molecule has 68 valence electrons. The molecule has 1 saturated carbocycles. The van der Waals surface area contributed by atoms with Gasteiger partial charge >= 0.3 is 0 Å². The lowest BCUT2D eigenvalue weighted by Gasteiger charge is -2.18. The van der Waals surface area contributed by atoms with Gasteiger partial charge in [0.25, 0.3) is 0 Å². The molecule has 3 unspecified atom stereocenters. The molecule has 0 aromatic carbocycles. The lowest BCUT2D eigenvalue weighted by atomic mass is 10.2. The first-order valence-corrected chi connectivity index (χ1v) is 4.58. The molecule has 12 heavy (non-hydrogen) atoms. The molecule has 0 saturated heterocycles. The van der Waals surface area contributed by atoms with Gasteiger partial charge in [0.2, 0.25) is 0 Å². The monoisotopic (exact) mass is 168 g/mol. The normalized spacial score (nSPS) is 31.4. The number of nitriles is 1. The van der Waals surface area contributed by atoms with Gasteiger partial charge in [0, 0.05) is 6.04 Å². The largest absolute Gasteiger partial charge is 0.358 e. The second kappa shape index (κ2) is 4.44. The minimum atomic E-state index is -0.265. The van der Waals surface area contributed by atoms with E-state index in [4.69, 9.17) is 15.7 Å². The lowest BCUT2D eigenvalue weighted by molar-refractivity contribution is 0.0116. The molecule has 1 aliphatic carbocycles. The van der Waals surface area contributed by atoms with Gasteiger partial charge in [0.05, 0.1) is 12.2 Å². The molecule has 3 atom stereocenters. The summed E-state index contributed by atoms with van der Waals surface area (Å²) < 4.78 is 5.54. The van der Waals surface area contributed by atoms with Crippen LogP contribution in [0, 0.1) is 11.3 Å². The van der Waals surface area contributed by atoms with Gasteiger partial charge in [-0.15, -0.1) is 0 Å². The number of nitrogens with two attached hydrogens (primary N) is 1. The second-order valence-electron chi connectivity index (χ2n) is 3.30. The zero-order chi connectivity index (χ0) is 8.97. The summed E-state index contributed by atoms with van der Waals surface area (Å²) in [6, 6.07) is 2.27. The number of nitrogens with zero attached hydrogens (tertiary/aromatic N) is 1. The highest BCUT2D eigenvalue weighted by Gasteiger charge is 2.26. The van der Waals surface area contributed by atoms with Gasteiger partial charge in [-0.2, -0.15) is 5.26 Å². The van der Waals surface area contributed by atoms with Crippen molar-refractivity contribution in [2.75, 3.05) is 0 Å². The standard InChI is InChI=1S/C9H16N2O/c1-2-7(6-10)12-9-5-3-4-8(9)11/h7-9H,2-5,11H2,1H3. The molecular formula is C9H16N2O. The van der Waals surface area contributed by atoms with Crippen LogP contribution in [0.3, 0.4) is 0 Å². The fraction of sp³-hybridized carbons (Fsp3) is 0.889. The van der Waals surface area contributed by atoms with Gasteiger partial charge in [0.1, 0.15) is 6.10 Å². The maximum Gasteiger partial charge on any atom is 0.144 e. The minimum absolute atomic E-state index is 0.120. The molecule has 1 rings (SSSR count). The van der Waals surface area contributed by atoms with Crippen LogP contribution in [0.25, 0.3) is 0 Å². The summed E-state index contributed by atoms with van der Waals surface area (Å²) in [6.07, 6.45) is 3.79. The maximum atomic E-state index is 8.66. The summed E-state index contributed by atoms with van der Waals surface area (Å²) in [6.45, 7) is 1.95. The highest BCUT2D eigenvalue weighted by Crippen LogP contribution is 2.21. The van der Waals surface area contributed by atoms with E-state index in [0.717, 1.165) is 25.7 Å². The van der Waals surface area contributed by atoms with Crippen LogP contribution in [-0.2, 0) is 4.74 Å². The van der Waals surface area contributed by atoms with Gasteiger partial charge in [-0.3, -0.25) is 0 Å². The summed E-state index contributed by atoms with van der Waals surface area (Å²) >= 11 is 0. The second-order valence-corrected chi connectivity index (χ2v) is 3.30. The molecule has 0 spiro atoms. The molecule has 2 N–H and O–H groups in total. The maximum absolute atomic E-state index is 8.66. The molecule has 0 radical (unpaired) electrons. The van der Waals surface area contributed by atoms with Crippen LogP contribution in [0.2, 0.25) is 0 Å². The first-order valence-electron chi connectivity index (χ1n) is 4.58. The molecule has 0 bridgehead atoms. The van der Waals surface area contributed by atoms with Crippen LogP contribution in [0.4, 0.5) is 0 Å². The molecule has 0 amide bonds. The highest BCUT2D eigenvalue weighted by atomic mass is 16.5. The molecule has 0 heterocycles. The van der Waals surface area contributed by atoms with E-state index in [1.54, 1.807) is 0 Å². The molecule has 0 aromatic rings. The van der Waals surface area contributed by atoms with E-state index in [0.29, 0.717) is 0 Å². The first kappa shape index (κ1) is 9.50. The van der Waals surface area contributed by atoms with Crippen molar-refractivity contribution in [1.29, 1.82) is 5.26 Å². The Bertz CT molecular complexity index is 176. The van der Waals surface area contributed by atoms with Crippen LogP contribution < -0.4 is 5.73 Å². The van der Waals surface area contributed by atoms with E-state index in [1.165, 1.54) is 0 Å². The highest BCUT2D eigenvalue weighted by molar-refractivity contribution is 4.88. The SMILES string of the molecule is CCC(C#N)OC1CCCC1N. The molecule has 0 aromatic heterocycles. The van der Waals surface area contributed by atoms with E-state index in [-0.39, 0.29) is 18.2 Å². The van der Waals surface area contributed by atoms with Gasteiger partial charge in [-0.1, -0.05) is 6.92 Å². The van der Waals surface area contributed by atoms with Crippen molar-refractivity contribution >= 4 is 0 Å². The van der Waals surface area contributed by atoms with Crippen molar-refractivity contribution in [2.24, 2.45) is 5.73 Å². The first-order chi connectivity index (χ1) is 5.77. The fourth-order valence-corrected chi connectivity index (χ4v) is 1.55. The molecule has 3 heteroatoms. The Morgan fingerprint density at radius 1 is 1.67 bits per heavy atom. The zero-order valence-corrected chi connectivity index (χ0v) is 7.49. The minimum Gasteiger partial charge on any atom is -0.358 e. The molecule has 1 fully saturated rings. The van der Waals surface area contributed by atoms with E-state index in [1.807, 2.05) is 6.92 Å². The Balaban J connectivity index is 2.34. The van der Waals surface area contributed by atoms with Gasteiger partial charge in [-0.25, -0.2) is 0 Å². The summed E-state index contributed by atoms with van der Waals surface area (Å²) in [5.74, 6) is 0. The van der Waals surface area contributed by atoms with Crippen molar-refractivity contribution in [2.45, 2.75) is 50.9 Å². The molecule has 0 aliphatic heterocycles. The van der Waals surface area contributed by atoms with Crippen molar-refractivity contribution in [3.8, 4) is 6.07 Å². The van der Waals surface area contributed by atoms with Crippen molar-refractivity contribution in [3.05, 3.63) is 0 Å². The van der Waals surface area contributed by atoms with Crippen molar-refractivity contribution < 1.29 is 4.74 Å². The lowest BCUT2D eigenvalue weighted by Crippen LogP contribution is -2.34. The van der Waals surface area contributed by atoms with Crippen molar-refractivity contribution in [1.82, 2.24) is 0 Å². The Labute approximate surface area is 73.5 Å². The molecule has 3 nitrogen and oxygen atoms in total. The average molecular weight is 168 g/mol. The zero-order valence-electron chi connectivity index (χ0n) is 7.49. The van der Waals surface area contributed by atoms with Gasteiger partial charge < -0.3 is 10.5 Å². The smallest absolute Gasteiger partial charge is 0.144 e. The number of hydrogen-bond acceptors (Lipinski definition) is 3. The van der Waals surface area contributed by atoms with E-state index >= 15 is 0 Å². The summed E-state index contributed by atoms with van der Waals surface area (Å²) in [4.78, 5) is 0. The summed E-state index contributed by atoms with van der Waals surface area (Å²) in [5.41, 5.74) is 5.80. The van der Waals surface area contributed by atoms with Crippen LogP contribution in [0.15, 0.2) is 0 Å². The quantitative estimate of drug-likeness (QED) is 0.688. The number of rotatable bonds is 3. The Morgan fingerprint density at radius 3 is 2.83 bits per heavy atom. The Kier molecular flexibility index (Phi) is 3.51. The topological polar surface area (TPSA) is 59.0 Å².